The van der Waals surface area contributed by atoms with Crippen LogP contribution in [0.4, 0.5) is 5.69 Å². The molecule has 0 radical (unpaired) electrons. The molecule has 3 N–H and O–H groups in total. The predicted octanol–water partition coefficient (Wildman–Crippen LogP) is 1.84. The molecule has 0 aliphatic heterocycles. The van der Waals surface area contributed by atoms with Gasteiger partial charge in [0.25, 0.3) is 0 Å². The molecule has 4 heteroatoms. The van der Waals surface area contributed by atoms with E-state index in [2.05, 4.69) is 12.0 Å². The molecule has 1 heterocycles. The fraction of sp³-hybridized carbons (Fsp3) is 0.357. The van der Waals surface area contributed by atoms with E-state index in [1.165, 1.54) is 0 Å². The summed E-state index contributed by atoms with van der Waals surface area (Å²) < 4.78 is 1.83. The maximum Gasteiger partial charge on any atom is 0.0845 e. The number of hydrogen-bond acceptors (Lipinski definition) is 3. The number of rotatable bonds is 4. The highest BCUT2D eigenvalue weighted by molar-refractivity contribution is 5.40. The second kappa shape index (κ2) is 5.23. The maximum absolute atomic E-state index is 10.2. The van der Waals surface area contributed by atoms with Crippen molar-refractivity contribution in [1.29, 1.82) is 0 Å². The number of aryl methyl sites for hydroxylation is 2. The van der Waals surface area contributed by atoms with E-state index in [1.54, 1.807) is 12.1 Å². The van der Waals surface area contributed by atoms with E-state index < -0.39 is 6.10 Å². The number of hydrogen-bond donors (Lipinski definition) is 2. The van der Waals surface area contributed by atoms with Gasteiger partial charge >= 0.3 is 0 Å². The van der Waals surface area contributed by atoms with Gasteiger partial charge in [0, 0.05) is 24.8 Å². The molecule has 0 aliphatic rings. The molecule has 1 aromatic heterocycles. The van der Waals surface area contributed by atoms with Crippen molar-refractivity contribution in [3.05, 3.63) is 47.3 Å². The third-order valence-electron chi connectivity index (χ3n) is 3.11. The summed E-state index contributed by atoms with van der Waals surface area (Å²) in [5, 5.41) is 14.6. The number of aliphatic hydroxyl groups is 1. The van der Waals surface area contributed by atoms with Crippen LogP contribution in [0.3, 0.4) is 0 Å². The highest BCUT2D eigenvalue weighted by Crippen LogP contribution is 2.19. The van der Waals surface area contributed by atoms with Gasteiger partial charge in [-0.1, -0.05) is 19.1 Å². The van der Waals surface area contributed by atoms with Crippen LogP contribution in [0.25, 0.3) is 0 Å². The second-order valence-corrected chi connectivity index (χ2v) is 4.49. The van der Waals surface area contributed by atoms with Crippen molar-refractivity contribution in [2.24, 2.45) is 7.05 Å². The molecule has 96 valence electrons. The minimum absolute atomic E-state index is 0.522. The molecule has 0 bridgehead atoms. The summed E-state index contributed by atoms with van der Waals surface area (Å²) in [5.74, 6) is 0. The maximum atomic E-state index is 10.2. The Morgan fingerprint density at radius 3 is 2.56 bits per heavy atom. The first-order valence-corrected chi connectivity index (χ1v) is 6.15. The lowest BCUT2D eigenvalue weighted by Gasteiger charge is -2.11. The van der Waals surface area contributed by atoms with Crippen LogP contribution in [0.1, 0.15) is 30.0 Å². The SMILES string of the molecule is CCc1cc(CC(O)c2ccc(N)cc2)n(C)n1. The molecule has 0 aliphatic carbocycles. The molecule has 1 unspecified atom stereocenters. The lowest BCUT2D eigenvalue weighted by atomic mass is 10.0. The smallest absolute Gasteiger partial charge is 0.0845 e. The van der Waals surface area contributed by atoms with Gasteiger partial charge in [0.15, 0.2) is 0 Å². The van der Waals surface area contributed by atoms with E-state index in [4.69, 9.17) is 5.73 Å². The summed E-state index contributed by atoms with van der Waals surface area (Å²) in [6.07, 6.45) is 0.949. The Morgan fingerprint density at radius 2 is 2.00 bits per heavy atom. The summed E-state index contributed by atoms with van der Waals surface area (Å²) in [6.45, 7) is 2.07. The summed E-state index contributed by atoms with van der Waals surface area (Å²) >= 11 is 0. The molecule has 0 fully saturated rings. The molecule has 1 aromatic carbocycles. The largest absolute Gasteiger partial charge is 0.399 e. The Labute approximate surface area is 107 Å². The van der Waals surface area contributed by atoms with Crippen molar-refractivity contribution in [1.82, 2.24) is 9.78 Å². The Hall–Kier alpha value is -1.81. The lowest BCUT2D eigenvalue weighted by molar-refractivity contribution is 0.176. The minimum atomic E-state index is -0.522. The van der Waals surface area contributed by atoms with E-state index >= 15 is 0 Å². The standard InChI is InChI=1S/C14H19N3O/c1-3-12-8-13(17(2)16-12)9-14(18)10-4-6-11(15)7-5-10/h4-8,14,18H,3,9,15H2,1-2H3. The zero-order chi connectivity index (χ0) is 13.1. The van der Waals surface area contributed by atoms with Crippen molar-refractivity contribution in [2.45, 2.75) is 25.9 Å². The van der Waals surface area contributed by atoms with Crippen LogP contribution in [0.2, 0.25) is 0 Å². The fourth-order valence-corrected chi connectivity index (χ4v) is 1.97. The summed E-state index contributed by atoms with van der Waals surface area (Å²) in [5.41, 5.74) is 9.31. The third kappa shape index (κ3) is 2.71. The number of anilines is 1. The quantitative estimate of drug-likeness (QED) is 0.808. The number of benzene rings is 1. The second-order valence-electron chi connectivity index (χ2n) is 4.49. The molecule has 0 saturated heterocycles. The van der Waals surface area contributed by atoms with Gasteiger partial charge in [-0.05, 0) is 30.2 Å². The molecule has 0 amide bonds. The first-order chi connectivity index (χ1) is 8.60. The van der Waals surface area contributed by atoms with Crippen LogP contribution in [0.5, 0.6) is 0 Å². The van der Waals surface area contributed by atoms with Crippen LogP contribution in [-0.2, 0) is 19.9 Å². The van der Waals surface area contributed by atoms with Crippen molar-refractivity contribution in [3.8, 4) is 0 Å². The van der Waals surface area contributed by atoms with Gasteiger partial charge in [-0.15, -0.1) is 0 Å². The van der Waals surface area contributed by atoms with Gasteiger partial charge in [-0.25, -0.2) is 0 Å². The molecule has 0 saturated carbocycles. The van der Waals surface area contributed by atoms with Crippen molar-refractivity contribution in [3.63, 3.8) is 0 Å². The lowest BCUT2D eigenvalue weighted by Crippen LogP contribution is -2.06. The minimum Gasteiger partial charge on any atom is -0.399 e. The average Bonchev–Trinajstić information content (AvgIpc) is 2.71. The van der Waals surface area contributed by atoms with Crippen LogP contribution < -0.4 is 5.73 Å². The van der Waals surface area contributed by atoms with Crippen molar-refractivity contribution >= 4 is 5.69 Å². The first-order valence-electron chi connectivity index (χ1n) is 6.15. The monoisotopic (exact) mass is 245 g/mol. The van der Waals surface area contributed by atoms with E-state index in [0.717, 1.165) is 23.4 Å². The summed E-state index contributed by atoms with van der Waals surface area (Å²) in [7, 11) is 1.91. The highest BCUT2D eigenvalue weighted by atomic mass is 16.3. The number of nitrogens with two attached hydrogens (primary N) is 1. The van der Waals surface area contributed by atoms with Gasteiger partial charge in [0.05, 0.1) is 11.8 Å². The molecule has 18 heavy (non-hydrogen) atoms. The van der Waals surface area contributed by atoms with Crippen molar-refractivity contribution in [2.75, 3.05) is 5.73 Å². The molecular weight excluding hydrogens is 226 g/mol. The van der Waals surface area contributed by atoms with E-state index in [1.807, 2.05) is 29.9 Å². The first kappa shape index (κ1) is 12.6. The van der Waals surface area contributed by atoms with Crippen molar-refractivity contribution < 1.29 is 5.11 Å². The van der Waals surface area contributed by atoms with Crippen LogP contribution in [0, 0.1) is 0 Å². The number of nitrogens with zero attached hydrogens (tertiary/aromatic N) is 2. The zero-order valence-electron chi connectivity index (χ0n) is 10.8. The van der Waals surface area contributed by atoms with Gasteiger partial charge < -0.3 is 10.8 Å². The topological polar surface area (TPSA) is 64.1 Å². The fourth-order valence-electron chi connectivity index (χ4n) is 1.97. The average molecular weight is 245 g/mol. The van der Waals surface area contributed by atoms with Crippen LogP contribution >= 0.6 is 0 Å². The molecule has 0 spiro atoms. The molecule has 2 rings (SSSR count). The Kier molecular flexibility index (Phi) is 3.67. The Bertz CT molecular complexity index is 516. The van der Waals surface area contributed by atoms with E-state index in [-0.39, 0.29) is 0 Å². The van der Waals surface area contributed by atoms with Gasteiger partial charge in [-0.3, -0.25) is 4.68 Å². The third-order valence-corrected chi connectivity index (χ3v) is 3.11. The number of nitrogen functional groups attached to an aromatic ring is 1. The van der Waals surface area contributed by atoms with E-state index in [0.29, 0.717) is 12.1 Å². The highest BCUT2D eigenvalue weighted by Gasteiger charge is 2.12. The van der Waals surface area contributed by atoms with Gasteiger partial charge in [0.2, 0.25) is 0 Å². The Morgan fingerprint density at radius 1 is 1.33 bits per heavy atom. The Balaban J connectivity index is 2.13. The van der Waals surface area contributed by atoms with E-state index in [9.17, 15) is 5.11 Å². The number of aliphatic hydroxyl groups excluding tert-OH is 1. The normalized spacial score (nSPS) is 12.6. The molecule has 1 atom stereocenters. The van der Waals surface area contributed by atoms with Gasteiger partial charge in [-0.2, -0.15) is 5.10 Å². The van der Waals surface area contributed by atoms with Crippen LogP contribution in [-0.4, -0.2) is 14.9 Å². The number of aromatic nitrogens is 2. The molecule has 2 aromatic rings. The van der Waals surface area contributed by atoms with Crippen LogP contribution in [0.15, 0.2) is 30.3 Å². The summed E-state index contributed by atoms with van der Waals surface area (Å²) in [6, 6.07) is 9.37. The zero-order valence-corrected chi connectivity index (χ0v) is 10.8. The molecule has 4 nitrogen and oxygen atoms in total. The predicted molar refractivity (Wildman–Crippen MR) is 72.1 cm³/mol. The van der Waals surface area contributed by atoms with Gasteiger partial charge in [0.1, 0.15) is 0 Å². The summed E-state index contributed by atoms with van der Waals surface area (Å²) in [4.78, 5) is 0. The molecular formula is C14H19N3O.